The van der Waals surface area contributed by atoms with Crippen molar-refractivity contribution in [3.8, 4) is 0 Å². The quantitative estimate of drug-likeness (QED) is 0.754. The van der Waals surface area contributed by atoms with Gasteiger partial charge in [-0.1, -0.05) is 39.7 Å². The lowest BCUT2D eigenvalue weighted by Gasteiger charge is -2.14. The zero-order valence-electron chi connectivity index (χ0n) is 11.0. The maximum absolute atomic E-state index is 12.9. The number of hydrogen-bond donors (Lipinski definition) is 1. The summed E-state index contributed by atoms with van der Waals surface area (Å²) in [5.41, 5.74) is -0.577. The van der Waals surface area contributed by atoms with Crippen LogP contribution in [-0.2, 0) is 17.4 Å². The van der Waals surface area contributed by atoms with Crippen molar-refractivity contribution in [2.24, 2.45) is 0 Å². The van der Waals surface area contributed by atoms with Crippen LogP contribution in [-0.4, -0.2) is 5.91 Å². The molecule has 0 aliphatic heterocycles. The summed E-state index contributed by atoms with van der Waals surface area (Å²) in [5.74, 6) is -0.532. The molecule has 116 valence electrons. The second kappa shape index (κ2) is 6.71. The van der Waals surface area contributed by atoms with Gasteiger partial charge in [-0.3, -0.25) is 4.79 Å². The van der Waals surface area contributed by atoms with Crippen molar-refractivity contribution in [3.05, 3.63) is 63.1 Å². The van der Waals surface area contributed by atoms with Gasteiger partial charge in [-0.15, -0.1) is 0 Å². The van der Waals surface area contributed by atoms with Crippen LogP contribution in [0.4, 0.5) is 18.9 Å². The molecule has 2 rings (SSSR count). The van der Waals surface area contributed by atoms with Crippen LogP contribution in [0.1, 0.15) is 11.1 Å². The predicted octanol–water partition coefficient (Wildman–Crippen LogP) is 5.30. The molecule has 0 aromatic heterocycles. The normalized spacial score (nSPS) is 11.3. The molecule has 0 saturated carbocycles. The third-order valence-corrected chi connectivity index (χ3v) is 3.60. The fourth-order valence-corrected chi connectivity index (χ4v) is 2.28. The number of nitrogens with one attached hydrogen (secondary N) is 1. The number of carbonyl (C=O) groups is 1. The van der Waals surface area contributed by atoms with Gasteiger partial charge in [0.2, 0.25) is 5.91 Å². The van der Waals surface area contributed by atoms with Gasteiger partial charge in [0, 0.05) is 9.50 Å². The highest BCUT2D eigenvalue weighted by Gasteiger charge is 2.34. The molecule has 0 bridgehead atoms. The minimum Gasteiger partial charge on any atom is -0.325 e. The number of alkyl halides is 3. The molecule has 0 saturated heterocycles. The van der Waals surface area contributed by atoms with Crippen molar-refractivity contribution >= 4 is 39.1 Å². The summed E-state index contributed by atoms with van der Waals surface area (Å²) in [7, 11) is 0. The zero-order valence-corrected chi connectivity index (χ0v) is 13.4. The van der Waals surface area contributed by atoms with E-state index in [4.69, 9.17) is 11.6 Å². The Morgan fingerprint density at radius 3 is 2.36 bits per heavy atom. The molecule has 0 aliphatic carbocycles. The Labute approximate surface area is 138 Å². The van der Waals surface area contributed by atoms with Crippen LogP contribution in [0.25, 0.3) is 0 Å². The number of halogens is 5. The number of anilines is 1. The Morgan fingerprint density at radius 1 is 1.14 bits per heavy atom. The molecule has 0 atom stereocenters. The minimum absolute atomic E-state index is 0.0206. The molecule has 1 N–H and O–H groups in total. The molecule has 0 radical (unpaired) electrons. The van der Waals surface area contributed by atoms with E-state index in [0.717, 1.165) is 16.6 Å². The van der Waals surface area contributed by atoms with Gasteiger partial charge < -0.3 is 5.32 Å². The molecule has 0 aliphatic rings. The van der Waals surface area contributed by atoms with Gasteiger partial charge in [0.15, 0.2) is 0 Å². The van der Waals surface area contributed by atoms with E-state index in [-0.39, 0.29) is 17.1 Å². The van der Waals surface area contributed by atoms with E-state index in [9.17, 15) is 18.0 Å². The zero-order chi connectivity index (χ0) is 16.3. The van der Waals surface area contributed by atoms with E-state index < -0.39 is 17.6 Å². The predicted molar refractivity (Wildman–Crippen MR) is 82.9 cm³/mol. The number of benzene rings is 2. The topological polar surface area (TPSA) is 29.1 Å². The van der Waals surface area contributed by atoms with Crippen LogP contribution in [0.5, 0.6) is 0 Å². The molecule has 2 aromatic rings. The van der Waals surface area contributed by atoms with Gasteiger partial charge in [0.05, 0.1) is 17.7 Å². The highest BCUT2D eigenvalue weighted by molar-refractivity contribution is 9.10. The van der Waals surface area contributed by atoms with E-state index in [1.54, 1.807) is 24.3 Å². The monoisotopic (exact) mass is 391 g/mol. The fraction of sp³-hybridized carbons (Fsp3) is 0.133. The van der Waals surface area contributed by atoms with Crippen molar-refractivity contribution in [2.75, 3.05) is 5.32 Å². The smallest absolute Gasteiger partial charge is 0.325 e. The summed E-state index contributed by atoms with van der Waals surface area (Å²) in [6.07, 6.45) is -4.61. The maximum Gasteiger partial charge on any atom is 0.418 e. The lowest BCUT2D eigenvalue weighted by atomic mass is 10.1. The van der Waals surface area contributed by atoms with Gasteiger partial charge in [0.25, 0.3) is 0 Å². The lowest BCUT2D eigenvalue weighted by Crippen LogP contribution is -2.18. The molecule has 0 heterocycles. The summed E-state index contributed by atoms with van der Waals surface area (Å²) < 4.78 is 39.7. The van der Waals surface area contributed by atoms with Crippen molar-refractivity contribution in [3.63, 3.8) is 0 Å². The van der Waals surface area contributed by atoms with Crippen molar-refractivity contribution < 1.29 is 18.0 Å². The molecular formula is C15H10BrClF3NO. The molecule has 22 heavy (non-hydrogen) atoms. The van der Waals surface area contributed by atoms with Crippen molar-refractivity contribution in [1.82, 2.24) is 0 Å². The highest BCUT2D eigenvalue weighted by atomic mass is 79.9. The lowest BCUT2D eigenvalue weighted by molar-refractivity contribution is -0.137. The standard InChI is InChI=1S/C15H10BrClF3NO/c16-10-3-1-9(2-4-10)7-14(22)21-13-6-5-11(17)8-12(13)15(18,19)20/h1-6,8H,7H2,(H,21,22). The van der Waals surface area contributed by atoms with E-state index in [1.165, 1.54) is 6.07 Å². The molecular weight excluding hydrogens is 383 g/mol. The first-order valence-corrected chi connectivity index (χ1v) is 7.34. The summed E-state index contributed by atoms with van der Waals surface area (Å²) >= 11 is 8.85. The van der Waals surface area contributed by atoms with Crippen LogP contribution >= 0.6 is 27.5 Å². The first kappa shape index (κ1) is 16.8. The van der Waals surface area contributed by atoms with Crippen molar-refractivity contribution in [2.45, 2.75) is 12.6 Å². The molecule has 7 heteroatoms. The second-order valence-corrected chi connectivity index (χ2v) is 5.89. The third-order valence-electron chi connectivity index (χ3n) is 2.84. The first-order chi connectivity index (χ1) is 10.3. The fourth-order valence-electron chi connectivity index (χ4n) is 1.84. The molecule has 0 fully saturated rings. The SMILES string of the molecule is O=C(Cc1ccc(Br)cc1)Nc1ccc(Cl)cc1C(F)(F)F. The number of carbonyl (C=O) groups excluding carboxylic acids is 1. The Balaban J connectivity index is 2.16. The first-order valence-electron chi connectivity index (χ1n) is 6.17. The molecule has 1 amide bonds. The molecule has 0 unspecified atom stereocenters. The maximum atomic E-state index is 12.9. The summed E-state index contributed by atoms with van der Waals surface area (Å²) in [4.78, 5) is 11.9. The Kier molecular flexibility index (Phi) is 5.13. The van der Waals surface area contributed by atoms with Gasteiger partial charge in [0.1, 0.15) is 0 Å². The molecule has 2 aromatic carbocycles. The Hall–Kier alpha value is -1.53. The summed E-state index contributed by atoms with van der Waals surface area (Å²) in [6.45, 7) is 0. The van der Waals surface area contributed by atoms with E-state index in [2.05, 4.69) is 21.2 Å². The van der Waals surface area contributed by atoms with Gasteiger partial charge >= 0.3 is 6.18 Å². The Morgan fingerprint density at radius 2 is 1.77 bits per heavy atom. The number of hydrogen-bond acceptors (Lipinski definition) is 1. The summed E-state index contributed by atoms with van der Waals surface area (Å²) in [6, 6.07) is 10.2. The molecule has 0 spiro atoms. The van der Waals surface area contributed by atoms with Crippen LogP contribution in [0, 0.1) is 0 Å². The Bertz CT molecular complexity index is 686. The van der Waals surface area contributed by atoms with Crippen LogP contribution in [0.3, 0.4) is 0 Å². The van der Waals surface area contributed by atoms with Crippen LogP contribution < -0.4 is 5.32 Å². The van der Waals surface area contributed by atoms with E-state index >= 15 is 0 Å². The number of amides is 1. The van der Waals surface area contributed by atoms with E-state index in [0.29, 0.717) is 5.56 Å². The average molecular weight is 393 g/mol. The van der Waals surface area contributed by atoms with Gasteiger partial charge in [-0.05, 0) is 35.9 Å². The van der Waals surface area contributed by atoms with Crippen LogP contribution in [0.2, 0.25) is 5.02 Å². The number of rotatable bonds is 3. The van der Waals surface area contributed by atoms with E-state index in [1.807, 2.05) is 0 Å². The minimum atomic E-state index is -4.59. The largest absolute Gasteiger partial charge is 0.418 e. The second-order valence-electron chi connectivity index (χ2n) is 4.54. The average Bonchev–Trinajstić information content (AvgIpc) is 2.42. The van der Waals surface area contributed by atoms with Gasteiger partial charge in [-0.25, -0.2) is 0 Å². The molecule has 2 nitrogen and oxygen atoms in total. The summed E-state index contributed by atoms with van der Waals surface area (Å²) in [5, 5.41) is 2.23. The third kappa shape index (κ3) is 4.48. The van der Waals surface area contributed by atoms with Gasteiger partial charge in [-0.2, -0.15) is 13.2 Å². The highest BCUT2D eigenvalue weighted by Crippen LogP contribution is 2.36. The van der Waals surface area contributed by atoms with Crippen molar-refractivity contribution in [1.29, 1.82) is 0 Å². The van der Waals surface area contributed by atoms with Crippen LogP contribution in [0.15, 0.2) is 46.9 Å².